The number of nitrogens with zero attached hydrogens (tertiary/aromatic N) is 2. The summed E-state index contributed by atoms with van der Waals surface area (Å²) in [4.78, 5) is 19.5. The average molecular weight is 389 g/mol. The SMILES string of the molecule is CNC(=O)N(Cc1ccc(OC)cc1)[C@](C)(c1ccc(C)cc1)c1ccccn1. The molecule has 1 N–H and O–H groups in total. The number of rotatable bonds is 6. The number of carbonyl (C=O) groups is 1. The normalized spacial score (nSPS) is 12.7. The Kier molecular flexibility index (Phi) is 6.17. The molecule has 5 nitrogen and oxygen atoms in total. The van der Waals surface area contributed by atoms with Crippen LogP contribution in [0.5, 0.6) is 5.75 Å². The van der Waals surface area contributed by atoms with E-state index < -0.39 is 5.54 Å². The van der Waals surface area contributed by atoms with Crippen molar-refractivity contribution in [3.63, 3.8) is 0 Å². The minimum absolute atomic E-state index is 0.172. The zero-order valence-electron chi connectivity index (χ0n) is 17.3. The zero-order chi connectivity index (χ0) is 20.9. The Labute approximate surface area is 172 Å². The lowest BCUT2D eigenvalue weighted by molar-refractivity contribution is 0.139. The van der Waals surface area contributed by atoms with Crippen LogP contribution in [0, 0.1) is 6.92 Å². The molecular formula is C24H27N3O2. The van der Waals surface area contributed by atoms with Crippen molar-refractivity contribution in [1.82, 2.24) is 15.2 Å². The molecule has 0 saturated carbocycles. The van der Waals surface area contributed by atoms with Crippen LogP contribution in [0.25, 0.3) is 0 Å². The summed E-state index contributed by atoms with van der Waals surface area (Å²) < 4.78 is 5.26. The average Bonchev–Trinajstić information content (AvgIpc) is 2.78. The summed E-state index contributed by atoms with van der Waals surface area (Å²) in [5, 5.41) is 2.80. The first-order valence-electron chi connectivity index (χ1n) is 9.60. The lowest BCUT2D eigenvalue weighted by Crippen LogP contribution is -2.51. The summed E-state index contributed by atoms with van der Waals surface area (Å²) in [5.74, 6) is 0.784. The van der Waals surface area contributed by atoms with Gasteiger partial charge in [0.25, 0.3) is 0 Å². The maximum atomic E-state index is 13.1. The molecule has 1 atom stereocenters. The van der Waals surface area contributed by atoms with Crippen molar-refractivity contribution < 1.29 is 9.53 Å². The summed E-state index contributed by atoms with van der Waals surface area (Å²) in [6.07, 6.45) is 1.76. The molecule has 2 aromatic carbocycles. The van der Waals surface area contributed by atoms with Crippen LogP contribution in [-0.4, -0.2) is 30.1 Å². The second kappa shape index (κ2) is 8.78. The lowest BCUT2D eigenvalue weighted by Gasteiger charge is -2.41. The van der Waals surface area contributed by atoms with E-state index in [4.69, 9.17) is 4.74 Å². The van der Waals surface area contributed by atoms with Gasteiger partial charge in [-0.1, -0.05) is 48.0 Å². The molecular weight excluding hydrogens is 362 g/mol. The highest BCUT2D eigenvalue weighted by Crippen LogP contribution is 2.36. The Morgan fingerprint density at radius 3 is 2.31 bits per heavy atom. The maximum absolute atomic E-state index is 13.1. The molecule has 0 aliphatic heterocycles. The van der Waals surface area contributed by atoms with E-state index in [0.717, 1.165) is 22.6 Å². The Morgan fingerprint density at radius 1 is 1.07 bits per heavy atom. The van der Waals surface area contributed by atoms with Crippen LogP contribution >= 0.6 is 0 Å². The van der Waals surface area contributed by atoms with Gasteiger partial charge in [-0.2, -0.15) is 0 Å². The quantitative estimate of drug-likeness (QED) is 0.675. The number of aromatic nitrogens is 1. The van der Waals surface area contributed by atoms with E-state index in [0.29, 0.717) is 6.54 Å². The van der Waals surface area contributed by atoms with Gasteiger partial charge in [0.1, 0.15) is 11.3 Å². The predicted molar refractivity (Wildman–Crippen MR) is 115 cm³/mol. The van der Waals surface area contributed by atoms with Gasteiger partial charge in [-0.05, 0) is 49.2 Å². The molecule has 0 bridgehead atoms. The van der Waals surface area contributed by atoms with Crippen molar-refractivity contribution in [3.8, 4) is 5.75 Å². The van der Waals surface area contributed by atoms with E-state index >= 15 is 0 Å². The highest BCUT2D eigenvalue weighted by atomic mass is 16.5. The number of nitrogens with one attached hydrogen (secondary N) is 1. The maximum Gasteiger partial charge on any atom is 0.318 e. The number of amides is 2. The molecule has 3 aromatic rings. The second-order valence-corrected chi connectivity index (χ2v) is 7.14. The van der Waals surface area contributed by atoms with Crippen molar-refractivity contribution in [2.75, 3.05) is 14.2 Å². The van der Waals surface area contributed by atoms with Crippen LogP contribution in [0.1, 0.15) is 29.3 Å². The van der Waals surface area contributed by atoms with Gasteiger partial charge in [-0.3, -0.25) is 4.98 Å². The molecule has 150 valence electrons. The Hall–Kier alpha value is -3.34. The number of hydrogen-bond donors (Lipinski definition) is 1. The fourth-order valence-corrected chi connectivity index (χ4v) is 3.45. The van der Waals surface area contributed by atoms with Crippen LogP contribution in [-0.2, 0) is 12.1 Å². The van der Waals surface area contributed by atoms with Crippen LogP contribution in [0.4, 0.5) is 4.79 Å². The predicted octanol–water partition coefficient (Wildman–Crippen LogP) is 4.50. The minimum atomic E-state index is -0.755. The first-order valence-corrected chi connectivity index (χ1v) is 9.60. The second-order valence-electron chi connectivity index (χ2n) is 7.14. The first kappa shape index (κ1) is 20.4. The van der Waals surface area contributed by atoms with Crippen molar-refractivity contribution in [2.24, 2.45) is 0 Å². The summed E-state index contributed by atoms with van der Waals surface area (Å²) in [6, 6.07) is 21.6. The van der Waals surface area contributed by atoms with Crippen molar-refractivity contribution in [2.45, 2.75) is 25.9 Å². The molecule has 3 rings (SSSR count). The molecule has 0 unspecified atom stereocenters. The number of carbonyl (C=O) groups excluding carboxylic acids is 1. The van der Waals surface area contributed by atoms with Gasteiger partial charge in [-0.15, -0.1) is 0 Å². The molecule has 1 aromatic heterocycles. The topological polar surface area (TPSA) is 54.5 Å². The van der Waals surface area contributed by atoms with Crippen molar-refractivity contribution >= 4 is 6.03 Å². The number of hydrogen-bond acceptors (Lipinski definition) is 3. The van der Waals surface area contributed by atoms with Gasteiger partial charge in [-0.25, -0.2) is 4.79 Å². The van der Waals surface area contributed by atoms with E-state index in [1.54, 1.807) is 20.4 Å². The molecule has 0 fully saturated rings. The fourth-order valence-electron chi connectivity index (χ4n) is 3.45. The minimum Gasteiger partial charge on any atom is -0.497 e. The van der Waals surface area contributed by atoms with E-state index in [1.165, 1.54) is 5.56 Å². The smallest absolute Gasteiger partial charge is 0.318 e. The fraction of sp³-hybridized carbons (Fsp3) is 0.250. The molecule has 29 heavy (non-hydrogen) atoms. The number of ether oxygens (including phenoxy) is 1. The van der Waals surface area contributed by atoms with Crippen LogP contribution < -0.4 is 10.1 Å². The highest BCUT2D eigenvalue weighted by molar-refractivity contribution is 5.76. The molecule has 0 spiro atoms. The molecule has 2 amide bonds. The van der Waals surface area contributed by atoms with Crippen LogP contribution in [0.15, 0.2) is 72.9 Å². The molecule has 0 saturated heterocycles. The summed E-state index contributed by atoms with van der Waals surface area (Å²) in [7, 11) is 3.29. The highest BCUT2D eigenvalue weighted by Gasteiger charge is 2.39. The van der Waals surface area contributed by atoms with Crippen molar-refractivity contribution in [1.29, 1.82) is 0 Å². The van der Waals surface area contributed by atoms with E-state index in [1.807, 2.05) is 54.3 Å². The summed E-state index contributed by atoms with van der Waals surface area (Å²) >= 11 is 0. The van der Waals surface area contributed by atoms with E-state index in [2.05, 4.69) is 41.5 Å². The summed E-state index contributed by atoms with van der Waals surface area (Å²) in [6.45, 7) is 4.51. The van der Waals surface area contributed by atoms with Gasteiger partial charge in [0, 0.05) is 19.8 Å². The number of urea groups is 1. The molecule has 0 aliphatic carbocycles. The van der Waals surface area contributed by atoms with Gasteiger partial charge >= 0.3 is 6.03 Å². The number of pyridine rings is 1. The molecule has 5 heteroatoms. The molecule has 0 aliphatic rings. The number of methoxy groups -OCH3 is 1. The van der Waals surface area contributed by atoms with Crippen molar-refractivity contribution in [3.05, 3.63) is 95.3 Å². The Morgan fingerprint density at radius 2 is 1.76 bits per heavy atom. The first-order chi connectivity index (χ1) is 14.0. The number of benzene rings is 2. The third-order valence-electron chi connectivity index (χ3n) is 5.28. The third kappa shape index (κ3) is 4.24. The van der Waals surface area contributed by atoms with Crippen LogP contribution in [0.3, 0.4) is 0 Å². The van der Waals surface area contributed by atoms with E-state index in [-0.39, 0.29) is 6.03 Å². The van der Waals surface area contributed by atoms with Crippen LogP contribution in [0.2, 0.25) is 0 Å². The van der Waals surface area contributed by atoms with Gasteiger partial charge in [0.05, 0.1) is 12.8 Å². The summed E-state index contributed by atoms with van der Waals surface area (Å²) in [5.41, 5.74) is 3.22. The van der Waals surface area contributed by atoms with Gasteiger partial charge in [0.15, 0.2) is 0 Å². The standard InChI is InChI=1S/C24H27N3O2/c1-18-8-12-20(13-9-18)24(2,22-7-5-6-16-26-22)27(23(28)25-3)17-19-10-14-21(29-4)15-11-19/h5-16H,17H2,1-4H3,(H,25,28)/t24-/m1/s1. The lowest BCUT2D eigenvalue weighted by atomic mass is 9.85. The van der Waals surface area contributed by atoms with Gasteiger partial charge < -0.3 is 15.0 Å². The Balaban J connectivity index is 2.12. The zero-order valence-corrected chi connectivity index (χ0v) is 17.3. The van der Waals surface area contributed by atoms with Gasteiger partial charge in [0.2, 0.25) is 0 Å². The molecule has 1 heterocycles. The molecule has 0 radical (unpaired) electrons. The van der Waals surface area contributed by atoms with E-state index in [9.17, 15) is 4.79 Å². The largest absolute Gasteiger partial charge is 0.497 e. The Bertz CT molecular complexity index is 940. The third-order valence-corrected chi connectivity index (χ3v) is 5.28. The number of aryl methyl sites for hydroxylation is 1. The monoisotopic (exact) mass is 389 g/mol.